The van der Waals surface area contributed by atoms with Crippen LogP contribution in [0.25, 0.3) is 5.69 Å². The summed E-state index contributed by atoms with van der Waals surface area (Å²) in [6, 6.07) is 7.31. The molecule has 7 nitrogen and oxygen atoms in total. The minimum Gasteiger partial charge on any atom is -0.346 e. The highest BCUT2D eigenvalue weighted by Crippen LogP contribution is 2.25. The van der Waals surface area contributed by atoms with Crippen LogP contribution in [0.4, 0.5) is 0 Å². The van der Waals surface area contributed by atoms with Crippen LogP contribution in [0.1, 0.15) is 42.5 Å². The normalized spacial score (nSPS) is 17.0. The highest BCUT2D eigenvalue weighted by atomic mass is 16.1. The number of carbonyl (C=O) groups is 1. The van der Waals surface area contributed by atoms with E-state index in [1.54, 1.807) is 4.68 Å². The van der Waals surface area contributed by atoms with E-state index in [0.717, 1.165) is 12.2 Å². The van der Waals surface area contributed by atoms with Gasteiger partial charge in [-0.1, -0.05) is 6.42 Å². The fraction of sp³-hybridized carbons (Fsp3) is 0.529. The van der Waals surface area contributed by atoms with Gasteiger partial charge in [0.2, 0.25) is 0 Å². The fourth-order valence-electron chi connectivity index (χ4n) is 3.48. The number of quaternary nitrogens is 1. The smallest absolute Gasteiger partial charge is 0.251 e. The average molecular weight is 329 g/mol. The van der Waals surface area contributed by atoms with Gasteiger partial charge in [-0.3, -0.25) is 4.79 Å². The van der Waals surface area contributed by atoms with Gasteiger partial charge in [-0.05, 0) is 47.5 Å². The number of aromatic nitrogens is 4. The average Bonchev–Trinajstić information content (AvgIpc) is 3.15. The number of nitrogens with zero attached hydrogens (tertiary/aromatic N) is 4. The molecule has 1 aromatic carbocycles. The zero-order valence-electron chi connectivity index (χ0n) is 14.3. The molecule has 1 aromatic heterocycles. The molecule has 1 saturated carbocycles. The quantitative estimate of drug-likeness (QED) is 0.824. The van der Waals surface area contributed by atoms with Crippen molar-refractivity contribution in [3.63, 3.8) is 0 Å². The van der Waals surface area contributed by atoms with Crippen LogP contribution in [0.3, 0.4) is 0 Å². The zero-order valence-corrected chi connectivity index (χ0v) is 14.3. The Hall–Kier alpha value is -2.28. The van der Waals surface area contributed by atoms with Crippen molar-refractivity contribution in [2.24, 2.45) is 0 Å². The molecule has 128 valence electrons. The van der Waals surface area contributed by atoms with E-state index in [9.17, 15) is 4.79 Å². The molecule has 1 heterocycles. The maximum absolute atomic E-state index is 12.5. The van der Waals surface area contributed by atoms with E-state index < -0.39 is 0 Å². The van der Waals surface area contributed by atoms with Crippen LogP contribution in [-0.2, 0) is 0 Å². The molecule has 7 heteroatoms. The van der Waals surface area contributed by atoms with Crippen molar-refractivity contribution in [3.8, 4) is 5.69 Å². The standard InChI is InChI=1S/C17H24N6O/c1-22(2)17(10-4-3-5-11-17)12-18-16(24)14-6-8-15(9-7-14)23-13-19-20-21-23/h6-9,13H,3-5,10-12H2,1-2H3,(H,18,24)/p+1. The first kappa shape index (κ1) is 16.6. The first-order chi connectivity index (χ1) is 11.6. The molecule has 2 aromatic rings. The molecule has 1 fully saturated rings. The summed E-state index contributed by atoms with van der Waals surface area (Å²) in [6.07, 6.45) is 7.69. The Labute approximate surface area is 142 Å². The minimum atomic E-state index is -0.0236. The van der Waals surface area contributed by atoms with Gasteiger partial charge in [0, 0.05) is 18.4 Å². The van der Waals surface area contributed by atoms with Gasteiger partial charge in [-0.15, -0.1) is 5.10 Å². The van der Waals surface area contributed by atoms with Gasteiger partial charge in [0.05, 0.1) is 26.3 Å². The number of amides is 1. The highest BCUT2D eigenvalue weighted by Gasteiger charge is 2.38. The summed E-state index contributed by atoms with van der Waals surface area (Å²) in [4.78, 5) is 13.9. The van der Waals surface area contributed by atoms with E-state index in [1.165, 1.54) is 43.3 Å². The van der Waals surface area contributed by atoms with E-state index in [4.69, 9.17) is 0 Å². The predicted molar refractivity (Wildman–Crippen MR) is 90.1 cm³/mol. The number of likely N-dealkylation sites (N-methyl/N-ethyl adjacent to an activating group) is 1. The van der Waals surface area contributed by atoms with Gasteiger partial charge in [-0.25, -0.2) is 4.68 Å². The lowest BCUT2D eigenvalue weighted by atomic mass is 9.80. The predicted octanol–water partition coefficient (Wildman–Crippen LogP) is 0.240. The number of hydrogen-bond donors (Lipinski definition) is 2. The maximum Gasteiger partial charge on any atom is 0.251 e. The molecule has 1 aliphatic carbocycles. The van der Waals surface area contributed by atoms with Crippen molar-refractivity contribution in [2.75, 3.05) is 20.6 Å². The van der Waals surface area contributed by atoms with Gasteiger partial charge in [0.25, 0.3) is 5.91 Å². The topological polar surface area (TPSA) is 77.1 Å². The SMILES string of the molecule is C[NH+](C)C1(CNC(=O)c2ccc(-n3cnnn3)cc2)CCCCC1. The molecule has 1 aliphatic rings. The molecule has 0 spiro atoms. The van der Waals surface area contributed by atoms with Crippen molar-refractivity contribution in [1.82, 2.24) is 25.5 Å². The largest absolute Gasteiger partial charge is 0.346 e. The first-order valence-corrected chi connectivity index (χ1v) is 8.53. The lowest BCUT2D eigenvalue weighted by Crippen LogP contribution is -3.16. The maximum atomic E-state index is 12.5. The Balaban J connectivity index is 1.64. The third kappa shape index (κ3) is 3.46. The van der Waals surface area contributed by atoms with Crippen LogP contribution in [-0.4, -0.2) is 52.3 Å². The van der Waals surface area contributed by atoms with E-state index in [0.29, 0.717) is 5.56 Å². The van der Waals surface area contributed by atoms with Gasteiger partial charge >= 0.3 is 0 Å². The second kappa shape index (κ2) is 7.09. The number of rotatable bonds is 5. The molecule has 0 aliphatic heterocycles. The van der Waals surface area contributed by atoms with Gasteiger partial charge in [0.15, 0.2) is 0 Å². The first-order valence-electron chi connectivity index (χ1n) is 8.53. The van der Waals surface area contributed by atoms with Crippen LogP contribution in [0, 0.1) is 0 Å². The van der Waals surface area contributed by atoms with Crippen molar-refractivity contribution in [3.05, 3.63) is 36.2 Å². The van der Waals surface area contributed by atoms with Crippen LogP contribution in [0.2, 0.25) is 0 Å². The monoisotopic (exact) mass is 329 g/mol. The second-order valence-electron chi connectivity index (χ2n) is 6.82. The summed E-state index contributed by atoms with van der Waals surface area (Å²) in [7, 11) is 4.39. The lowest BCUT2D eigenvalue weighted by Gasteiger charge is -2.39. The van der Waals surface area contributed by atoms with E-state index in [2.05, 4.69) is 34.9 Å². The molecule has 0 unspecified atom stereocenters. The molecule has 0 saturated heterocycles. The Morgan fingerprint density at radius 2 is 1.92 bits per heavy atom. The Morgan fingerprint density at radius 1 is 1.21 bits per heavy atom. The molecule has 1 amide bonds. The molecular weight excluding hydrogens is 304 g/mol. The van der Waals surface area contributed by atoms with Crippen molar-refractivity contribution < 1.29 is 9.69 Å². The number of nitrogens with one attached hydrogen (secondary N) is 2. The van der Waals surface area contributed by atoms with Gasteiger partial charge in [0.1, 0.15) is 11.9 Å². The lowest BCUT2D eigenvalue weighted by molar-refractivity contribution is -0.916. The van der Waals surface area contributed by atoms with Crippen LogP contribution >= 0.6 is 0 Å². The summed E-state index contributed by atoms with van der Waals surface area (Å²) in [5.41, 5.74) is 1.66. The van der Waals surface area contributed by atoms with E-state index >= 15 is 0 Å². The van der Waals surface area contributed by atoms with E-state index in [-0.39, 0.29) is 11.4 Å². The zero-order chi connectivity index (χ0) is 17.0. The molecule has 0 radical (unpaired) electrons. The minimum absolute atomic E-state index is 0.0236. The summed E-state index contributed by atoms with van der Waals surface area (Å²) < 4.78 is 1.56. The fourth-order valence-corrected chi connectivity index (χ4v) is 3.48. The number of carbonyl (C=O) groups excluding carboxylic acids is 1. The van der Waals surface area contributed by atoms with Crippen molar-refractivity contribution in [1.29, 1.82) is 0 Å². The second-order valence-corrected chi connectivity index (χ2v) is 6.82. The number of benzene rings is 1. The summed E-state index contributed by atoms with van der Waals surface area (Å²) in [5.74, 6) is -0.0236. The molecule has 24 heavy (non-hydrogen) atoms. The molecular formula is C17H25N6O+. The Kier molecular flexibility index (Phi) is 4.89. The third-order valence-electron chi connectivity index (χ3n) is 5.20. The molecule has 2 N–H and O–H groups in total. The highest BCUT2D eigenvalue weighted by molar-refractivity contribution is 5.94. The molecule has 0 atom stereocenters. The summed E-state index contributed by atoms with van der Waals surface area (Å²) in [6.45, 7) is 0.725. The van der Waals surface area contributed by atoms with Gasteiger partial charge in [-0.2, -0.15) is 0 Å². The van der Waals surface area contributed by atoms with E-state index in [1.807, 2.05) is 24.3 Å². The summed E-state index contributed by atoms with van der Waals surface area (Å²) in [5, 5.41) is 14.2. The van der Waals surface area contributed by atoms with Crippen molar-refractivity contribution >= 4 is 5.91 Å². The van der Waals surface area contributed by atoms with Crippen LogP contribution in [0.15, 0.2) is 30.6 Å². The Bertz CT molecular complexity index is 659. The molecule has 3 rings (SSSR count). The van der Waals surface area contributed by atoms with Crippen LogP contribution in [0.5, 0.6) is 0 Å². The number of tetrazole rings is 1. The molecule has 0 bridgehead atoms. The Morgan fingerprint density at radius 3 is 2.50 bits per heavy atom. The number of hydrogen-bond acceptors (Lipinski definition) is 4. The van der Waals surface area contributed by atoms with Gasteiger partial charge < -0.3 is 10.2 Å². The van der Waals surface area contributed by atoms with Crippen LogP contribution < -0.4 is 10.2 Å². The van der Waals surface area contributed by atoms with Crippen molar-refractivity contribution in [2.45, 2.75) is 37.6 Å². The third-order valence-corrected chi connectivity index (χ3v) is 5.20. The summed E-state index contributed by atoms with van der Waals surface area (Å²) >= 11 is 0.